The van der Waals surface area contributed by atoms with Crippen LogP contribution in [0.25, 0.3) is 39.3 Å². The van der Waals surface area contributed by atoms with Gasteiger partial charge in [0.2, 0.25) is 5.91 Å². The third kappa shape index (κ3) is 10.9. The summed E-state index contributed by atoms with van der Waals surface area (Å²) in [5.74, 6) is -2.88. The molecule has 0 spiro atoms. The molecule has 3 atom stereocenters. The first-order valence-corrected chi connectivity index (χ1v) is 21.4. The number of fused-ring (bicyclic) bond motifs is 8. The zero-order valence-electron chi connectivity index (χ0n) is 38.5. The van der Waals surface area contributed by atoms with Gasteiger partial charge in [-0.15, -0.1) is 0 Å². The number of aromatic amines is 2. The van der Waals surface area contributed by atoms with Crippen molar-refractivity contribution in [2.45, 2.75) is 124 Å². The lowest BCUT2D eigenvalue weighted by atomic mass is 9.84. The molecule has 0 aromatic carbocycles. The van der Waals surface area contributed by atoms with E-state index in [9.17, 15) is 24.0 Å². The van der Waals surface area contributed by atoms with Gasteiger partial charge in [0.1, 0.15) is 11.6 Å². The van der Waals surface area contributed by atoms with Crippen LogP contribution in [0.1, 0.15) is 136 Å². The number of rotatable bonds is 15. The maximum Gasteiger partial charge on any atom is 0.407 e. The average molecular weight is 867 g/mol. The number of carbonyl (C=O) groups is 5. The van der Waals surface area contributed by atoms with Gasteiger partial charge in [-0.05, 0) is 114 Å². The Balaban J connectivity index is 1.62. The van der Waals surface area contributed by atoms with Crippen LogP contribution in [-0.4, -0.2) is 89.4 Å². The van der Waals surface area contributed by atoms with E-state index in [0.717, 1.165) is 50.7 Å². The van der Waals surface area contributed by atoms with Crippen LogP contribution in [0.15, 0.2) is 24.8 Å². The Labute approximate surface area is 368 Å². The number of hydrogen-bond acceptors (Lipinski definition) is 11. The molecule has 5 rings (SSSR count). The van der Waals surface area contributed by atoms with Crippen molar-refractivity contribution in [1.82, 2.24) is 30.6 Å². The largest absolute Gasteiger partial charge is 0.469 e. The first-order chi connectivity index (χ1) is 29.8. The van der Waals surface area contributed by atoms with Gasteiger partial charge in [0.05, 0.1) is 50.4 Å². The van der Waals surface area contributed by atoms with Crippen LogP contribution in [0.5, 0.6) is 0 Å². The lowest BCUT2D eigenvalue weighted by molar-refractivity contribution is -0.145. The molecule has 3 aromatic heterocycles. The second-order valence-corrected chi connectivity index (χ2v) is 17.0. The van der Waals surface area contributed by atoms with E-state index in [1.54, 1.807) is 27.7 Å². The summed E-state index contributed by atoms with van der Waals surface area (Å²) in [7, 11) is 3.86. The van der Waals surface area contributed by atoms with Gasteiger partial charge in [0.15, 0.2) is 0 Å². The molecule has 2 amide bonds. The molecule has 2 aliphatic heterocycles. The Morgan fingerprint density at radius 3 is 2.22 bits per heavy atom. The number of hydrogen-bond donors (Lipinski definition) is 4. The number of esters is 3. The van der Waals surface area contributed by atoms with E-state index in [4.69, 9.17) is 28.9 Å². The van der Waals surface area contributed by atoms with E-state index >= 15 is 0 Å². The predicted molar refractivity (Wildman–Crippen MR) is 243 cm³/mol. The number of unbranched alkanes of at least 4 members (excludes halogenated alkanes) is 1. The summed E-state index contributed by atoms with van der Waals surface area (Å²) in [5.41, 5.74) is 9.91. The number of nitrogens with zero attached hydrogens (tertiary/aromatic N) is 2. The SMILES string of the molecule is C=Cc1c(C)c2cc3nc(c(CC(=O)OC)c4nc(cc5[nH]c(cc1[nH]2)c(C)c5CC)C(C)=C4C(=O)OC)[C@@H](CCC(=O)N[C@@H](CCCCNC(=O)OC(C)(C)C)C(=O)OC)[C@@H]3C. The van der Waals surface area contributed by atoms with Crippen LogP contribution in [0, 0.1) is 13.8 Å². The van der Waals surface area contributed by atoms with E-state index in [1.807, 2.05) is 32.1 Å². The second kappa shape index (κ2) is 20.3. The molecule has 0 radical (unpaired) electrons. The van der Waals surface area contributed by atoms with Crippen molar-refractivity contribution in [2.75, 3.05) is 27.9 Å². The van der Waals surface area contributed by atoms with Crippen molar-refractivity contribution in [3.05, 3.63) is 75.4 Å². The molecule has 0 fully saturated rings. The Hall–Kier alpha value is -6.25. The molecule has 3 aromatic rings. The minimum atomic E-state index is -0.917. The first kappa shape index (κ1) is 47.8. The van der Waals surface area contributed by atoms with Gasteiger partial charge in [0, 0.05) is 63.7 Å². The van der Waals surface area contributed by atoms with E-state index in [2.05, 4.69) is 47.1 Å². The summed E-state index contributed by atoms with van der Waals surface area (Å²) in [6.07, 6.45) is 3.34. The van der Waals surface area contributed by atoms with Gasteiger partial charge in [-0.25, -0.2) is 19.4 Å². The number of alkyl carbamates (subject to hydrolysis) is 1. The average Bonchev–Trinajstić information content (AvgIpc) is 3.92. The zero-order chi connectivity index (χ0) is 46.3. The Bertz CT molecular complexity index is 2490. The Morgan fingerprint density at radius 2 is 1.59 bits per heavy atom. The number of carbonyl (C=O) groups excluding carboxylic acids is 5. The summed E-state index contributed by atoms with van der Waals surface area (Å²) in [4.78, 5) is 83.2. The number of amides is 2. The highest BCUT2D eigenvalue weighted by molar-refractivity contribution is 6.25. The third-order valence-corrected chi connectivity index (χ3v) is 11.8. The van der Waals surface area contributed by atoms with E-state index in [-0.39, 0.29) is 48.8 Å². The van der Waals surface area contributed by atoms with Crippen molar-refractivity contribution in [3.63, 3.8) is 0 Å². The number of H-pyrrole nitrogens is 2. The van der Waals surface area contributed by atoms with E-state index in [1.165, 1.54) is 21.3 Å². The van der Waals surface area contributed by atoms with Crippen LogP contribution < -0.4 is 10.6 Å². The molecular weight excluding hydrogens is 805 g/mol. The van der Waals surface area contributed by atoms with E-state index in [0.29, 0.717) is 47.6 Å². The summed E-state index contributed by atoms with van der Waals surface area (Å²) in [6.45, 7) is 19.8. The van der Waals surface area contributed by atoms with Crippen molar-refractivity contribution in [3.8, 4) is 0 Å². The first-order valence-electron chi connectivity index (χ1n) is 21.4. The number of methoxy groups -OCH3 is 3. The fourth-order valence-corrected chi connectivity index (χ4v) is 8.32. The minimum absolute atomic E-state index is 0.00775. The maximum absolute atomic E-state index is 13.8. The zero-order valence-corrected chi connectivity index (χ0v) is 38.5. The lowest BCUT2D eigenvalue weighted by Crippen LogP contribution is -2.41. The van der Waals surface area contributed by atoms with Crippen LogP contribution in [0.2, 0.25) is 0 Å². The molecule has 15 heteroatoms. The van der Waals surface area contributed by atoms with Gasteiger partial charge in [0.25, 0.3) is 0 Å². The highest BCUT2D eigenvalue weighted by Gasteiger charge is 2.36. The molecule has 0 saturated carbocycles. The van der Waals surface area contributed by atoms with Gasteiger partial charge >= 0.3 is 24.0 Å². The van der Waals surface area contributed by atoms with Crippen molar-refractivity contribution < 1.29 is 42.9 Å². The Morgan fingerprint density at radius 1 is 0.889 bits per heavy atom. The number of aryl methyl sites for hydroxylation is 3. The molecule has 4 N–H and O–H groups in total. The van der Waals surface area contributed by atoms with Crippen molar-refractivity contribution in [1.29, 1.82) is 0 Å². The fourth-order valence-electron chi connectivity index (χ4n) is 8.32. The maximum atomic E-state index is 13.8. The molecule has 63 heavy (non-hydrogen) atoms. The van der Waals surface area contributed by atoms with Gasteiger partial charge in [-0.1, -0.05) is 26.5 Å². The van der Waals surface area contributed by atoms with Gasteiger partial charge in [-0.3, -0.25) is 14.6 Å². The minimum Gasteiger partial charge on any atom is -0.469 e. The van der Waals surface area contributed by atoms with Crippen LogP contribution in [0.3, 0.4) is 0 Å². The number of allylic oxidation sites excluding steroid dienone is 1. The number of ether oxygens (including phenoxy) is 4. The van der Waals surface area contributed by atoms with Crippen LogP contribution in [0.4, 0.5) is 4.79 Å². The highest BCUT2D eigenvalue weighted by Crippen LogP contribution is 2.44. The van der Waals surface area contributed by atoms with Gasteiger partial charge < -0.3 is 39.5 Å². The van der Waals surface area contributed by atoms with Crippen molar-refractivity contribution >= 4 is 69.2 Å². The normalized spacial score (nSPS) is 15.3. The van der Waals surface area contributed by atoms with Crippen molar-refractivity contribution in [2.24, 2.45) is 0 Å². The Kier molecular flexibility index (Phi) is 15.4. The lowest BCUT2D eigenvalue weighted by Gasteiger charge is -2.21. The monoisotopic (exact) mass is 866 g/mol. The van der Waals surface area contributed by atoms with E-state index < -0.39 is 41.6 Å². The molecule has 8 bridgehead atoms. The quantitative estimate of drug-likeness (QED) is 0.0655. The van der Waals surface area contributed by atoms with Gasteiger partial charge in [-0.2, -0.15) is 0 Å². The summed E-state index contributed by atoms with van der Waals surface area (Å²) in [6, 6.07) is 5.04. The standard InChI is InChI=1S/C48H62N6O9/c1-13-29-25(3)34-22-36-27(5)31(18-19-40(55)52-33(45(57)61-11)17-15-16-20-49-47(59)63-48(7,8)9)43(53-36)32(21-41(56)60-10)44-42(46(58)62-12)28(6)37(54-44)24-39-30(14-2)26(4)35(51-39)23-38(29)50-34/h13,22-24,27,31,33,50-51H,1,14-21H2,2-12H3,(H,49,59)(H,52,55)/t27-,31-,33-/m0/s1. The smallest absolute Gasteiger partial charge is 0.407 e. The molecule has 0 unspecified atom stereocenters. The van der Waals surface area contributed by atoms with Crippen LogP contribution >= 0.6 is 0 Å². The molecule has 0 aliphatic carbocycles. The molecular formula is C48H62N6O9. The molecule has 5 heterocycles. The molecule has 0 saturated heterocycles. The van der Waals surface area contributed by atoms with Crippen LogP contribution in [-0.2, 0) is 51.0 Å². The molecule has 15 nitrogen and oxygen atoms in total. The third-order valence-electron chi connectivity index (χ3n) is 11.8. The topological polar surface area (TPSA) is 204 Å². The fraction of sp³-hybridized carbons (Fsp3) is 0.479. The second-order valence-electron chi connectivity index (χ2n) is 17.0. The summed E-state index contributed by atoms with van der Waals surface area (Å²) >= 11 is 0. The molecule has 2 aliphatic rings. The molecule has 338 valence electrons. The summed E-state index contributed by atoms with van der Waals surface area (Å²) in [5, 5.41) is 5.56. The summed E-state index contributed by atoms with van der Waals surface area (Å²) < 4.78 is 20.8. The number of aromatic nitrogens is 4. The number of nitrogens with one attached hydrogen (secondary N) is 4. The predicted octanol–water partition coefficient (Wildman–Crippen LogP) is 7.98. The highest BCUT2D eigenvalue weighted by atomic mass is 16.6.